The molecule has 126 valence electrons. The van der Waals surface area contributed by atoms with Crippen LogP contribution in [0.5, 0.6) is 0 Å². The van der Waals surface area contributed by atoms with Gasteiger partial charge in [0.25, 0.3) is 0 Å². The second-order valence-corrected chi connectivity index (χ2v) is 5.70. The number of ether oxygens (including phenoxy) is 1. The Morgan fingerprint density at radius 2 is 1.74 bits per heavy atom. The molecule has 23 heavy (non-hydrogen) atoms. The van der Waals surface area contributed by atoms with E-state index in [1.165, 1.54) is 31.4 Å². The van der Waals surface area contributed by atoms with E-state index in [2.05, 4.69) is 10.1 Å². The van der Waals surface area contributed by atoms with Crippen LogP contribution in [-0.2, 0) is 14.3 Å². The lowest BCUT2D eigenvalue weighted by Gasteiger charge is -2.18. The molecule has 0 aliphatic carbocycles. The van der Waals surface area contributed by atoms with Gasteiger partial charge in [-0.15, -0.1) is 0 Å². The Morgan fingerprint density at radius 1 is 1.13 bits per heavy atom. The highest BCUT2D eigenvalue weighted by Crippen LogP contribution is 2.09. The molecule has 6 heteroatoms. The highest BCUT2D eigenvalue weighted by molar-refractivity contribution is 5.98. The quantitative estimate of drug-likeness (QED) is 0.589. The lowest BCUT2D eigenvalue weighted by molar-refractivity contribution is -0.145. The Morgan fingerprint density at radius 3 is 2.26 bits per heavy atom. The fraction of sp³-hybridized carbons (Fsp3) is 0.471. The lowest BCUT2D eigenvalue weighted by Crippen LogP contribution is -2.42. The number of esters is 1. The van der Waals surface area contributed by atoms with E-state index >= 15 is 0 Å². The summed E-state index contributed by atoms with van der Waals surface area (Å²) in [7, 11) is 1.26. The average Bonchev–Trinajstić information content (AvgIpc) is 2.51. The van der Waals surface area contributed by atoms with Crippen LogP contribution in [0.4, 0.5) is 4.39 Å². The molecule has 0 aliphatic rings. The Kier molecular flexibility index (Phi) is 7.38. The summed E-state index contributed by atoms with van der Waals surface area (Å²) in [4.78, 5) is 35.5. The van der Waals surface area contributed by atoms with Gasteiger partial charge in [0.05, 0.1) is 7.11 Å². The van der Waals surface area contributed by atoms with Crippen LogP contribution in [0.25, 0.3) is 0 Å². The van der Waals surface area contributed by atoms with E-state index < -0.39 is 23.7 Å². The fourth-order valence-electron chi connectivity index (χ4n) is 2.10. The van der Waals surface area contributed by atoms with Crippen molar-refractivity contribution in [2.24, 2.45) is 5.92 Å². The van der Waals surface area contributed by atoms with Gasteiger partial charge in [0, 0.05) is 18.4 Å². The number of rotatable bonds is 8. The summed E-state index contributed by atoms with van der Waals surface area (Å²) < 4.78 is 17.5. The smallest absolute Gasteiger partial charge is 0.328 e. The zero-order chi connectivity index (χ0) is 17.4. The molecule has 0 saturated carbocycles. The molecule has 1 amide bonds. The summed E-state index contributed by atoms with van der Waals surface area (Å²) >= 11 is 0. The first-order chi connectivity index (χ1) is 10.8. The average molecular weight is 323 g/mol. The van der Waals surface area contributed by atoms with Gasteiger partial charge in [0.1, 0.15) is 11.9 Å². The van der Waals surface area contributed by atoms with Gasteiger partial charge in [-0.05, 0) is 36.6 Å². The third-order valence-electron chi connectivity index (χ3n) is 3.27. The Bertz CT molecular complexity index is 554. The number of hydrogen-bond donors (Lipinski definition) is 1. The van der Waals surface area contributed by atoms with Crippen molar-refractivity contribution in [1.29, 1.82) is 0 Å². The maximum Gasteiger partial charge on any atom is 0.328 e. The normalized spacial score (nSPS) is 11.9. The van der Waals surface area contributed by atoms with Crippen LogP contribution < -0.4 is 5.32 Å². The summed E-state index contributed by atoms with van der Waals surface area (Å²) in [6, 6.07) is 4.44. The minimum absolute atomic E-state index is 0.00691. The van der Waals surface area contributed by atoms with Gasteiger partial charge in [-0.3, -0.25) is 9.59 Å². The van der Waals surface area contributed by atoms with Crippen LogP contribution in [0.3, 0.4) is 0 Å². The van der Waals surface area contributed by atoms with E-state index in [0.29, 0.717) is 12.0 Å². The standard InChI is InChI=1S/C17H22FNO4/c1-11(2)10-14(17(22)23-3)19-16(21)9-8-15(20)12-4-6-13(18)7-5-12/h4-7,11,14H,8-10H2,1-3H3,(H,19,21). The fourth-order valence-corrected chi connectivity index (χ4v) is 2.10. The molecule has 1 N–H and O–H groups in total. The second-order valence-electron chi connectivity index (χ2n) is 5.70. The first kappa shape index (κ1) is 18.8. The monoisotopic (exact) mass is 323 g/mol. The molecule has 1 atom stereocenters. The maximum atomic E-state index is 12.8. The number of amides is 1. The number of Topliss-reactive ketones (excluding diaryl/α,β-unsaturated/α-hetero) is 1. The first-order valence-corrected chi connectivity index (χ1v) is 7.49. The number of halogens is 1. The molecule has 1 aromatic carbocycles. The summed E-state index contributed by atoms with van der Waals surface area (Å²) in [6.45, 7) is 3.86. The number of methoxy groups -OCH3 is 1. The summed E-state index contributed by atoms with van der Waals surface area (Å²) in [5.41, 5.74) is 0.353. The lowest BCUT2D eigenvalue weighted by atomic mass is 10.0. The van der Waals surface area contributed by atoms with Gasteiger partial charge in [0.2, 0.25) is 5.91 Å². The molecule has 0 spiro atoms. The van der Waals surface area contributed by atoms with Crippen molar-refractivity contribution in [2.45, 2.75) is 39.2 Å². The van der Waals surface area contributed by atoms with Gasteiger partial charge in [0.15, 0.2) is 5.78 Å². The number of benzene rings is 1. The van der Waals surface area contributed by atoms with E-state index in [-0.39, 0.29) is 24.5 Å². The largest absolute Gasteiger partial charge is 0.467 e. The van der Waals surface area contributed by atoms with Gasteiger partial charge >= 0.3 is 5.97 Å². The summed E-state index contributed by atoms with van der Waals surface area (Å²) in [5.74, 6) is -1.36. The van der Waals surface area contributed by atoms with Crippen molar-refractivity contribution in [3.05, 3.63) is 35.6 Å². The zero-order valence-corrected chi connectivity index (χ0v) is 13.6. The molecule has 0 aromatic heterocycles. The summed E-state index contributed by atoms with van der Waals surface area (Å²) in [6.07, 6.45) is 0.416. The van der Waals surface area contributed by atoms with E-state index in [1.54, 1.807) is 0 Å². The zero-order valence-electron chi connectivity index (χ0n) is 13.6. The van der Waals surface area contributed by atoms with Gasteiger partial charge in [-0.2, -0.15) is 0 Å². The van der Waals surface area contributed by atoms with E-state index in [0.717, 1.165) is 0 Å². The molecule has 5 nitrogen and oxygen atoms in total. The van der Waals surface area contributed by atoms with Crippen LogP contribution in [0, 0.1) is 11.7 Å². The molecule has 0 bridgehead atoms. The van der Waals surface area contributed by atoms with Crippen LogP contribution in [0.15, 0.2) is 24.3 Å². The summed E-state index contributed by atoms with van der Waals surface area (Å²) in [5, 5.41) is 2.59. The highest BCUT2D eigenvalue weighted by atomic mass is 19.1. The molecule has 0 saturated heterocycles. The first-order valence-electron chi connectivity index (χ1n) is 7.49. The maximum absolute atomic E-state index is 12.8. The topological polar surface area (TPSA) is 72.5 Å². The van der Waals surface area contributed by atoms with Gasteiger partial charge in [-0.1, -0.05) is 13.8 Å². The van der Waals surface area contributed by atoms with Crippen molar-refractivity contribution in [1.82, 2.24) is 5.32 Å². The van der Waals surface area contributed by atoms with Crippen LogP contribution in [0.2, 0.25) is 0 Å². The second kappa shape index (κ2) is 9.02. The minimum atomic E-state index is -0.714. The SMILES string of the molecule is COC(=O)C(CC(C)C)NC(=O)CCC(=O)c1ccc(F)cc1. The van der Waals surface area contributed by atoms with Crippen LogP contribution in [-0.4, -0.2) is 30.8 Å². The molecule has 1 rings (SSSR count). The molecule has 1 aromatic rings. The van der Waals surface area contributed by atoms with Crippen molar-refractivity contribution in [3.63, 3.8) is 0 Å². The molecular formula is C17H22FNO4. The number of hydrogen-bond acceptors (Lipinski definition) is 4. The minimum Gasteiger partial charge on any atom is -0.467 e. The van der Waals surface area contributed by atoms with Crippen LogP contribution >= 0.6 is 0 Å². The number of carbonyl (C=O) groups excluding carboxylic acids is 3. The van der Waals surface area contributed by atoms with Crippen LogP contribution in [0.1, 0.15) is 43.5 Å². The van der Waals surface area contributed by atoms with Crippen molar-refractivity contribution < 1.29 is 23.5 Å². The predicted molar refractivity (Wildman–Crippen MR) is 83.4 cm³/mol. The van der Waals surface area contributed by atoms with Gasteiger partial charge < -0.3 is 10.1 Å². The van der Waals surface area contributed by atoms with E-state index in [4.69, 9.17) is 0 Å². The molecule has 0 radical (unpaired) electrons. The van der Waals surface area contributed by atoms with Crippen molar-refractivity contribution >= 4 is 17.7 Å². The van der Waals surface area contributed by atoms with Crippen molar-refractivity contribution in [2.75, 3.05) is 7.11 Å². The number of carbonyl (C=O) groups is 3. The molecule has 0 fully saturated rings. The Hall–Kier alpha value is -2.24. The van der Waals surface area contributed by atoms with Crippen molar-refractivity contribution in [3.8, 4) is 0 Å². The highest BCUT2D eigenvalue weighted by Gasteiger charge is 2.22. The number of ketones is 1. The molecular weight excluding hydrogens is 301 g/mol. The number of nitrogens with one attached hydrogen (secondary N) is 1. The third kappa shape index (κ3) is 6.59. The van der Waals surface area contributed by atoms with E-state index in [9.17, 15) is 18.8 Å². The Labute approximate surface area is 135 Å². The van der Waals surface area contributed by atoms with Gasteiger partial charge in [-0.25, -0.2) is 9.18 Å². The van der Waals surface area contributed by atoms with E-state index in [1.807, 2.05) is 13.8 Å². The molecule has 0 aliphatic heterocycles. The Balaban J connectivity index is 2.52. The third-order valence-corrected chi connectivity index (χ3v) is 3.27. The predicted octanol–water partition coefficient (Wildman–Crippen LogP) is 2.49. The molecule has 0 heterocycles. The molecule has 1 unspecified atom stereocenters.